The molecule has 0 saturated carbocycles. The fourth-order valence-electron chi connectivity index (χ4n) is 4.63. The zero-order chi connectivity index (χ0) is 23.0. The average Bonchev–Trinajstić information content (AvgIpc) is 2.98. The van der Waals surface area contributed by atoms with Crippen LogP contribution in [-0.4, -0.2) is 26.9 Å². The molecule has 0 radical (unpaired) electrons. The molecule has 3 aromatic rings. The van der Waals surface area contributed by atoms with Crippen LogP contribution < -0.4 is 5.44 Å². The molecule has 0 aliphatic rings. The predicted octanol–water partition coefficient (Wildman–Crippen LogP) is 7.37. The Morgan fingerprint density at radius 1 is 0.806 bits per heavy atom. The van der Waals surface area contributed by atoms with Gasteiger partial charge in [-0.25, -0.2) is 0 Å². The zero-order valence-corrected chi connectivity index (χ0v) is 22.3. The summed E-state index contributed by atoms with van der Waals surface area (Å²) in [5.74, 6) is 0. The molecule has 6 heteroatoms. The van der Waals surface area contributed by atoms with Crippen molar-refractivity contribution in [3.63, 3.8) is 0 Å². The summed E-state index contributed by atoms with van der Waals surface area (Å²) in [7, 11) is -1.05. The van der Waals surface area contributed by atoms with Crippen molar-refractivity contribution in [1.29, 1.82) is 0 Å². The lowest BCUT2D eigenvalue weighted by molar-refractivity contribution is 0.516. The Morgan fingerprint density at radius 3 is 1.65 bits per heavy atom. The van der Waals surface area contributed by atoms with E-state index in [1.165, 1.54) is 33.4 Å². The molecule has 1 unspecified atom stereocenters. The lowest BCUT2D eigenvalue weighted by Gasteiger charge is -2.25. The predicted molar refractivity (Wildman–Crippen MR) is 140 cm³/mol. The Balaban J connectivity index is 2.39. The lowest BCUT2D eigenvalue weighted by Crippen LogP contribution is -2.24. The molecular formula is C25H33ClN3PS. The van der Waals surface area contributed by atoms with E-state index in [1.54, 1.807) is 0 Å². The fraction of sp³-hybridized carbons (Fsp3) is 0.400. The quantitative estimate of drug-likeness (QED) is 0.274. The largest absolute Gasteiger partial charge is 0.291 e. The van der Waals surface area contributed by atoms with E-state index in [0.29, 0.717) is 0 Å². The van der Waals surface area contributed by atoms with Gasteiger partial charge < -0.3 is 0 Å². The van der Waals surface area contributed by atoms with Gasteiger partial charge in [0.15, 0.2) is 4.77 Å². The number of aromatic nitrogens is 2. The van der Waals surface area contributed by atoms with E-state index in [0.717, 1.165) is 34.7 Å². The Labute approximate surface area is 198 Å². The number of benzene rings is 2. The van der Waals surface area contributed by atoms with E-state index < -0.39 is 7.43 Å². The highest BCUT2D eigenvalue weighted by Gasteiger charge is 2.25. The second kappa shape index (κ2) is 9.58. The average molecular weight is 474 g/mol. The minimum absolute atomic E-state index is 0.764. The van der Waals surface area contributed by atoms with E-state index in [2.05, 4.69) is 99.7 Å². The van der Waals surface area contributed by atoms with Crippen LogP contribution in [0.3, 0.4) is 0 Å². The minimum Gasteiger partial charge on any atom is -0.291 e. The molecule has 0 saturated heterocycles. The molecule has 0 aliphatic carbocycles. The second-order valence-electron chi connectivity index (χ2n) is 8.37. The number of imidazole rings is 1. The molecule has 1 atom stereocenters. The van der Waals surface area contributed by atoms with Crippen molar-refractivity contribution in [2.45, 2.75) is 55.4 Å². The van der Waals surface area contributed by atoms with Crippen molar-refractivity contribution in [1.82, 2.24) is 13.8 Å². The number of aryl methyl sites for hydroxylation is 6. The molecule has 166 valence electrons. The van der Waals surface area contributed by atoms with Gasteiger partial charge in [0.05, 0.1) is 16.8 Å². The van der Waals surface area contributed by atoms with Crippen molar-refractivity contribution >= 4 is 36.3 Å². The zero-order valence-electron chi connectivity index (χ0n) is 19.9. The lowest BCUT2D eigenvalue weighted by atomic mass is 10.0. The molecule has 0 amide bonds. The van der Waals surface area contributed by atoms with Crippen molar-refractivity contribution in [2.24, 2.45) is 0 Å². The molecule has 0 N–H and O–H groups in total. The molecule has 1 aromatic heterocycles. The van der Waals surface area contributed by atoms with Crippen molar-refractivity contribution in [3.05, 3.63) is 68.6 Å². The molecule has 3 rings (SSSR count). The van der Waals surface area contributed by atoms with Gasteiger partial charge >= 0.3 is 0 Å². The molecule has 2 aromatic carbocycles. The summed E-state index contributed by atoms with van der Waals surface area (Å²) in [5.41, 5.74) is 10.7. The third-order valence-electron chi connectivity index (χ3n) is 5.77. The summed E-state index contributed by atoms with van der Waals surface area (Å²) >= 11 is 13.3. The first-order valence-corrected chi connectivity index (χ1v) is 13.4. The van der Waals surface area contributed by atoms with Gasteiger partial charge in [-0.05, 0) is 76.0 Å². The van der Waals surface area contributed by atoms with Crippen molar-refractivity contribution in [2.75, 3.05) is 13.1 Å². The monoisotopic (exact) mass is 473 g/mol. The van der Waals surface area contributed by atoms with Crippen LogP contribution in [0.4, 0.5) is 0 Å². The van der Waals surface area contributed by atoms with Crippen LogP contribution >= 0.6 is 30.9 Å². The smallest absolute Gasteiger partial charge is 0.189 e. The maximum Gasteiger partial charge on any atom is 0.189 e. The van der Waals surface area contributed by atoms with Crippen LogP contribution in [0.1, 0.15) is 47.2 Å². The van der Waals surface area contributed by atoms with Crippen LogP contribution in [-0.2, 0) is 0 Å². The third-order valence-corrected chi connectivity index (χ3v) is 9.07. The standard InChI is InChI=1S/C25H33ClN3PS/c1-9-27(10-2)30(26)22-15-28(23-18(5)11-16(3)12-19(23)6)25(31)29(22)24-20(7)13-17(4)14-21(24)8/h11-15H,9-10H2,1-8H3. The van der Waals surface area contributed by atoms with Gasteiger partial charge in [-0.15, -0.1) is 0 Å². The maximum absolute atomic E-state index is 7.15. The van der Waals surface area contributed by atoms with Gasteiger partial charge in [0.2, 0.25) is 0 Å². The van der Waals surface area contributed by atoms with E-state index in [1.807, 2.05) is 0 Å². The van der Waals surface area contributed by atoms with Crippen LogP contribution in [0.15, 0.2) is 30.5 Å². The van der Waals surface area contributed by atoms with E-state index in [9.17, 15) is 0 Å². The fourth-order valence-corrected chi connectivity index (χ4v) is 7.39. The van der Waals surface area contributed by atoms with Gasteiger partial charge in [0.1, 0.15) is 7.43 Å². The van der Waals surface area contributed by atoms with Crippen LogP contribution in [0, 0.1) is 46.3 Å². The molecule has 0 spiro atoms. The van der Waals surface area contributed by atoms with Gasteiger partial charge in [-0.2, -0.15) is 0 Å². The summed E-state index contributed by atoms with van der Waals surface area (Å²) in [6.45, 7) is 19.0. The van der Waals surface area contributed by atoms with Gasteiger partial charge in [0, 0.05) is 19.3 Å². The number of nitrogens with zero attached hydrogens (tertiary/aromatic N) is 3. The molecule has 0 aliphatic heterocycles. The number of halogens is 1. The molecule has 0 fully saturated rings. The molecule has 3 nitrogen and oxygen atoms in total. The Kier molecular flexibility index (Phi) is 7.48. The van der Waals surface area contributed by atoms with Crippen LogP contribution in [0.5, 0.6) is 0 Å². The summed E-state index contributed by atoms with van der Waals surface area (Å²) in [6, 6.07) is 8.89. The van der Waals surface area contributed by atoms with Crippen LogP contribution in [0.2, 0.25) is 0 Å². The topological polar surface area (TPSA) is 13.1 Å². The molecule has 0 bridgehead atoms. The van der Waals surface area contributed by atoms with Gasteiger partial charge in [-0.1, -0.05) is 60.5 Å². The Morgan fingerprint density at radius 2 is 1.23 bits per heavy atom. The normalized spacial score (nSPS) is 12.6. The Hall–Kier alpha value is -1.45. The first-order chi connectivity index (χ1) is 14.6. The van der Waals surface area contributed by atoms with E-state index >= 15 is 0 Å². The van der Waals surface area contributed by atoms with Crippen molar-refractivity contribution in [3.8, 4) is 11.4 Å². The SMILES string of the molecule is CCN(CC)P(Cl)c1cn(-c2c(C)cc(C)cc2C)c(=S)n1-c1c(C)cc(C)cc1C. The van der Waals surface area contributed by atoms with E-state index in [-0.39, 0.29) is 0 Å². The molecule has 31 heavy (non-hydrogen) atoms. The minimum atomic E-state index is -1.05. The molecule has 1 heterocycles. The highest BCUT2D eigenvalue weighted by atomic mass is 35.7. The van der Waals surface area contributed by atoms with Gasteiger partial charge in [-0.3, -0.25) is 13.8 Å². The summed E-state index contributed by atoms with van der Waals surface area (Å²) in [4.78, 5) is 0. The first kappa shape index (κ1) is 24.2. The number of hydrogen-bond acceptors (Lipinski definition) is 2. The number of rotatable bonds is 6. The Bertz CT molecular complexity index is 1130. The summed E-state index contributed by atoms with van der Waals surface area (Å²) in [6.07, 6.45) is 2.17. The highest BCUT2D eigenvalue weighted by Crippen LogP contribution is 2.45. The number of hydrogen-bond donors (Lipinski definition) is 0. The molecular weight excluding hydrogens is 441 g/mol. The summed E-state index contributed by atoms with van der Waals surface area (Å²) in [5, 5.41) is 0. The first-order valence-electron chi connectivity index (χ1n) is 10.8. The van der Waals surface area contributed by atoms with Crippen LogP contribution in [0.25, 0.3) is 11.4 Å². The maximum atomic E-state index is 7.15. The second-order valence-corrected chi connectivity index (χ2v) is 11.2. The van der Waals surface area contributed by atoms with Crippen molar-refractivity contribution < 1.29 is 0 Å². The highest BCUT2D eigenvalue weighted by molar-refractivity contribution is 7.88. The van der Waals surface area contributed by atoms with Gasteiger partial charge in [0.25, 0.3) is 0 Å². The van der Waals surface area contributed by atoms with E-state index in [4.69, 9.17) is 23.5 Å². The summed E-state index contributed by atoms with van der Waals surface area (Å²) < 4.78 is 7.46. The third kappa shape index (κ3) is 4.54.